The van der Waals surface area contributed by atoms with E-state index in [-0.39, 0.29) is 5.91 Å². The number of hydrogen-bond acceptors (Lipinski definition) is 4. The highest BCUT2D eigenvalue weighted by atomic mass is 16.1. The van der Waals surface area contributed by atoms with Gasteiger partial charge < -0.3 is 16.4 Å². The zero-order chi connectivity index (χ0) is 14.1. The Morgan fingerprint density at radius 2 is 2.25 bits per heavy atom. The standard InChI is InChI=1S/C15H22N4O/c1-2-19(11-3-4-11)6-5-17-14-9-13-10(7-12(14)16)8-15(20)18-13/h7,9,11,17H,2-6,8,16H2,1H3,(H,18,20). The number of anilines is 3. The fourth-order valence-corrected chi connectivity index (χ4v) is 2.82. The highest BCUT2D eigenvalue weighted by Gasteiger charge is 2.27. The number of carbonyl (C=O) groups is 1. The maximum atomic E-state index is 11.4. The molecule has 0 aromatic heterocycles. The van der Waals surface area contributed by atoms with Crippen molar-refractivity contribution in [2.45, 2.75) is 32.2 Å². The topological polar surface area (TPSA) is 70.4 Å². The van der Waals surface area contributed by atoms with Crippen LogP contribution in [0.2, 0.25) is 0 Å². The zero-order valence-electron chi connectivity index (χ0n) is 11.9. The molecule has 20 heavy (non-hydrogen) atoms. The SMILES string of the molecule is CCN(CCNc1cc2c(cc1N)CC(=O)N2)C1CC1. The molecule has 0 radical (unpaired) electrons. The largest absolute Gasteiger partial charge is 0.397 e. The van der Waals surface area contributed by atoms with E-state index in [2.05, 4.69) is 22.5 Å². The third-order valence-corrected chi connectivity index (χ3v) is 4.08. The molecule has 1 saturated carbocycles. The Morgan fingerprint density at radius 3 is 2.95 bits per heavy atom. The quantitative estimate of drug-likeness (QED) is 0.690. The normalized spacial score (nSPS) is 17.2. The summed E-state index contributed by atoms with van der Waals surface area (Å²) >= 11 is 0. The summed E-state index contributed by atoms with van der Waals surface area (Å²) in [7, 11) is 0. The van der Waals surface area contributed by atoms with Crippen molar-refractivity contribution in [3.05, 3.63) is 17.7 Å². The summed E-state index contributed by atoms with van der Waals surface area (Å²) in [5, 5.41) is 6.25. The summed E-state index contributed by atoms with van der Waals surface area (Å²) < 4.78 is 0. The van der Waals surface area contributed by atoms with Gasteiger partial charge in [0.25, 0.3) is 0 Å². The van der Waals surface area contributed by atoms with Gasteiger partial charge in [-0.1, -0.05) is 6.92 Å². The molecule has 0 saturated heterocycles. The van der Waals surface area contributed by atoms with Crippen LogP contribution in [0.3, 0.4) is 0 Å². The number of nitrogens with one attached hydrogen (secondary N) is 2. The third-order valence-electron chi connectivity index (χ3n) is 4.08. The zero-order valence-corrected chi connectivity index (χ0v) is 11.9. The van der Waals surface area contributed by atoms with E-state index in [0.717, 1.165) is 48.3 Å². The third kappa shape index (κ3) is 2.72. The molecule has 108 valence electrons. The van der Waals surface area contributed by atoms with Gasteiger partial charge in [0.2, 0.25) is 5.91 Å². The summed E-state index contributed by atoms with van der Waals surface area (Å²) in [6, 6.07) is 4.63. The summed E-state index contributed by atoms with van der Waals surface area (Å²) in [6.07, 6.45) is 3.10. The lowest BCUT2D eigenvalue weighted by atomic mass is 10.1. The maximum Gasteiger partial charge on any atom is 0.228 e. The van der Waals surface area contributed by atoms with Crippen LogP contribution in [-0.2, 0) is 11.2 Å². The minimum Gasteiger partial charge on any atom is -0.397 e. The first kappa shape index (κ1) is 13.2. The lowest BCUT2D eigenvalue weighted by Gasteiger charge is -2.20. The predicted octanol–water partition coefficient (Wildman–Crippen LogP) is 1.66. The molecule has 2 aliphatic rings. The molecule has 4 N–H and O–H groups in total. The average molecular weight is 274 g/mol. The van der Waals surface area contributed by atoms with E-state index in [9.17, 15) is 4.79 Å². The number of nitrogens with zero attached hydrogens (tertiary/aromatic N) is 1. The van der Waals surface area contributed by atoms with Gasteiger partial charge in [-0.2, -0.15) is 0 Å². The van der Waals surface area contributed by atoms with E-state index in [4.69, 9.17) is 5.73 Å². The monoisotopic (exact) mass is 274 g/mol. The molecule has 1 amide bonds. The van der Waals surface area contributed by atoms with Crippen LogP contribution in [-0.4, -0.2) is 36.5 Å². The van der Waals surface area contributed by atoms with Gasteiger partial charge in [0.1, 0.15) is 0 Å². The fraction of sp³-hybridized carbons (Fsp3) is 0.533. The van der Waals surface area contributed by atoms with Gasteiger partial charge >= 0.3 is 0 Å². The van der Waals surface area contributed by atoms with E-state index in [0.29, 0.717) is 6.42 Å². The number of fused-ring (bicyclic) bond motifs is 1. The molecule has 5 nitrogen and oxygen atoms in total. The van der Waals surface area contributed by atoms with Crippen LogP contribution in [0.15, 0.2) is 12.1 Å². The Kier molecular flexibility index (Phi) is 3.53. The van der Waals surface area contributed by atoms with Crippen LogP contribution in [0.4, 0.5) is 17.1 Å². The van der Waals surface area contributed by atoms with Crippen molar-refractivity contribution >= 4 is 23.0 Å². The number of nitrogen functional groups attached to an aromatic ring is 1. The van der Waals surface area contributed by atoms with E-state index in [1.807, 2.05) is 12.1 Å². The Hall–Kier alpha value is -1.75. The lowest BCUT2D eigenvalue weighted by Crippen LogP contribution is -2.31. The Morgan fingerprint density at radius 1 is 1.45 bits per heavy atom. The van der Waals surface area contributed by atoms with Crippen LogP contribution in [0.25, 0.3) is 0 Å². The molecule has 1 fully saturated rings. The van der Waals surface area contributed by atoms with Crippen molar-refractivity contribution in [1.82, 2.24) is 4.90 Å². The van der Waals surface area contributed by atoms with Gasteiger partial charge in [0.15, 0.2) is 0 Å². The molecule has 0 unspecified atom stereocenters. The minimum absolute atomic E-state index is 0.0439. The number of nitrogens with two attached hydrogens (primary N) is 1. The average Bonchev–Trinajstić information content (AvgIpc) is 3.18. The highest BCUT2D eigenvalue weighted by Crippen LogP contribution is 2.31. The van der Waals surface area contributed by atoms with Gasteiger partial charge in [-0.15, -0.1) is 0 Å². The molecule has 1 aromatic rings. The molecule has 3 rings (SSSR count). The molecule has 1 heterocycles. The number of benzene rings is 1. The van der Waals surface area contributed by atoms with Crippen LogP contribution < -0.4 is 16.4 Å². The second kappa shape index (κ2) is 5.32. The van der Waals surface area contributed by atoms with Crippen LogP contribution in [0, 0.1) is 0 Å². The first-order valence-electron chi connectivity index (χ1n) is 7.37. The molecule has 0 bridgehead atoms. The number of likely N-dealkylation sites (N-methyl/N-ethyl adjacent to an activating group) is 1. The molecule has 5 heteroatoms. The summed E-state index contributed by atoms with van der Waals surface area (Å²) in [5.74, 6) is 0.0439. The Balaban J connectivity index is 1.60. The smallest absolute Gasteiger partial charge is 0.228 e. The summed E-state index contributed by atoms with van der Waals surface area (Å²) in [5.41, 5.74) is 9.56. The van der Waals surface area contributed by atoms with Crippen molar-refractivity contribution in [3.8, 4) is 0 Å². The molecular weight excluding hydrogens is 252 g/mol. The van der Waals surface area contributed by atoms with Crippen molar-refractivity contribution in [2.24, 2.45) is 0 Å². The second-order valence-electron chi connectivity index (χ2n) is 5.61. The van der Waals surface area contributed by atoms with Gasteiger partial charge in [-0.05, 0) is 37.1 Å². The van der Waals surface area contributed by atoms with Gasteiger partial charge in [0, 0.05) is 24.8 Å². The lowest BCUT2D eigenvalue weighted by molar-refractivity contribution is -0.115. The Bertz CT molecular complexity index is 525. The summed E-state index contributed by atoms with van der Waals surface area (Å²) in [4.78, 5) is 13.9. The predicted molar refractivity (Wildman–Crippen MR) is 81.9 cm³/mol. The van der Waals surface area contributed by atoms with Gasteiger partial charge in [-0.25, -0.2) is 0 Å². The molecule has 1 aliphatic carbocycles. The Labute approximate surface area is 119 Å². The maximum absolute atomic E-state index is 11.4. The molecule has 0 atom stereocenters. The minimum atomic E-state index is 0.0439. The van der Waals surface area contributed by atoms with Crippen LogP contribution >= 0.6 is 0 Å². The molecular formula is C15H22N4O. The van der Waals surface area contributed by atoms with Crippen LogP contribution in [0.1, 0.15) is 25.3 Å². The first-order valence-corrected chi connectivity index (χ1v) is 7.37. The van der Waals surface area contributed by atoms with E-state index >= 15 is 0 Å². The number of hydrogen-bond donors (Lipinski definition) is 3. The van der Waals surface area contributed by atoms with Crippen LogP contribution in [0.5, 0.6) is 0 Å². The molecule has 1 aliphatic heterocycles. The van der Waals surface area contributed by atoms with Crippen molar-refractivity contribution in [1.29, 1.82) is 0 Å². The van der Waals surface area contributed by atoms with E-state index in [1.54, 1.807) is 0 Å². The van der Waals surface area contributed by atoms with Crippen molar-refractivity contribution in [3.63, 3.8) is 0 Å². The number of carbonyl (C=O) groups excluding carboxylic acids is 1. The van der Waals surface area contributed by atoms with Gasteiger partial charge in [-0.3, -0.25) is 9.69 Å². The van der Waals surface area contributed by atoms with E-state index < -0.39 is 0 Å². The fourth-order valence-electron chi connectivity index (χ4n) is 2.82. The first-order chi connectivity index (χ1) is 9.67. The van der Waals surface area contributed by atoms with Crippen molar-refractivity contribution in [2.75, 3.05) is 36.0 Å². The molecule has 0 spiro atoms. The number of amides is 1. The number of rotatable bonds is 6. The second-order valence-corrected chi connectivity index (χ2v) is 5.61. The highest BCUT2D eigenvalue weighted by molar-refractivity contribution is 6.00. The van der Waals surface area contributed by atoms with Crippen molar-refractivity contribution < 1.29 is 4.79 Å². The molecule has 1 aromatic carbocycles. The summed E-state index contributed by atoms with van der Waals surface area (Å²) in [6.45, 7) is 5.21. The van der Waals surface area contributed by atoms with E-state index in [1.165, 1.54) is 12.8 Å². The van der Waals surface area contributed by atoms with Gasteiger partial charge in [0.05, 0.1) is 17.8 Å².